The number of nitrogens with zero attached hydrogens (tertiary/aromatic N) is 1. The quantitative estimate of drug-likeness (QED) is 0.430. The molecule has 0 unspecified atom stereocenters. The summed E-state index contributed by atoms with van der Waals surface area (Å²) >= 11 is 0. The second-order valence-corrected chi connectivity index (χ2v) is 4.79. The van der Waals surface area contributed by atoms with Crippen molar-refractivity contribution in [3.05, 3.63) is 0 Å². The fourth-order valence-electron chi connectivity index (χ4n) is 1.83. The SMILES string of the molecule is C[C@@H]1C[C@H]([N+](C)(C)C)C[C@H]1O.[I-]. The summed E-state index contributed by atoms with van der Waals surface area (Å²) in [4.78, 5) is 0. The van der Waals surface area contributed by atoms with Crippen LogP contribution in [0, 0.1) is 5.92 Å². The minimum atomic E-state index is -0.0580. The highest BCUT2D eigenvalue weighted by Gasteiger charge is 2.37. The summed E-state index contributed by atoms with van der Waals surface area (Å²) in [5.41, 5.74) is 0. The number of rotatable bonds is 1. The van der Waals surface area contributed by atoms with Crippen LogP contribution in [0.1, 0.15) is 19.8 Å². The molecule has 1 saturated carbocycles. The zero-order valence-electron chi connectivity index (χ0n) is 8.42. The molecule has 0 radical (unpaired) electrons. The summed E-state index contributed by atoms with van der Waals surface area (Å²) in [7, 11) is 6.61. The monoisotopic (exact) mass is 285 g/mol. The van der Waals surface area contributed by atoms with Crippen molar-refractivity contribution >= 4 is 0 Å². The van der Waals surface area contributed by atoms with Crippen LogP contribution in [0.3, 0.4) is 0 Å². The molecule has 0 amide bonds. The van der Waals surface area contributed by atoms with Gasteiger partial charge in [0.25, 0.3) is 0 Å². The first-order valence-electron chi connectivity index (χ1n) is 4.40. The van der Waals surface area contributed by atoms with Crippen molar-refractivity contribution in [2.24, 2.45) is 5.92 Å². The van der Waals surface area contributed by atoms with E-state index in [2.05, 4.69) is 28.1 Å². The molecule has 2 nitrogen and oxygen atoms in total. The van der Waals surface area contributed by atoms with E-state index in [1.165, 1.54) is 6.42 Å². The van der Waals surface area contributed by atoms with Gasteiger partial charge in [-0.15, -0.1) is 0 Å². The van der Waals surface area contributed by atoms with Gasteiger partial charge in [0, 0.05) is 12.8 Å². The molecule has 1 aliphatic carbocycles. The Labute approximate surface area is 92.6 Å². The van der Waals surface area contributed by atoms with E-state index in [1.54, 1.807) is 0 Å². The lowest BCUT2D eigenvalue weighted by Crippen LogP contribution is -3.00. The summed E-state index contributed by atoms with van der Waals surface area (Å²) in [6, 6.07) is 0.653. The van der Waals surface area contributed by atoms with Crippen LogP contribution in [0.2, 0.25) is 0 Å². The molecule has 0 spiro atoms. The summed E-state index contributed by atoms with van der Waals surface area (Å²) in [5, 5.41) is 9.52. The van der Waals surface area contributed by atoms with Crippen LogP contribution in [0.5, 0.6) is 0 Å². The van der Waals surface area contributed by atoms with Crippen LogP contribution in [0.15, 0.2) is 0 Å². The van der Waals surface area contributed by atoms with Crippen molar-refractivity contribution in [3.63, 3.8) is 0 Å². The third kappa shape index (κ3) is 2.85. The minimum Gasteiger partial charge on any atom is -1.00 e. The molecule has 0 heterocycles. The van der Waals surface area contributed by atoms with E-state index < -0.39 is 0 Å². The Morgan fingerprint density at radius 2 is 1.67 bits per heavy atom. The number of hydrogen-bond donors (Lipinski definition) is 1. The second kappa shape index (κ2) is 4.24. The van der Waals surface area contributed by atoms with Gasteiger partial charge < -0.3 is 33.6 Å². The zero-order valence-corrected chi connectivity index (χ0v) is 10.6. The maximum Gasteiger partial charge on any atom is 0.0912 e. The molecular formula is C9H20INO. The molecule has 1 fully saturated rings. The normalized spacial score (nSPS) is 36.2. The molecule has 3 atom stereocenters. The smallest absolute Gasteiger partial charge is 0.0912 e. The number of aliphatic hydroxyl groups excluding tert-OH is 1. The van der Waals surface area contributed by atoms with Crippen molar-refractivity contribution in [3.8, 4) is 0 Å². The van der Waals surface area contributed by atoms with E-state index >= 15 is 0 Å². The van der Waals surface area contributed by atoms with Crippen molar-refractivity contribution in [2.75, 3.05) is 21.1 Å². The summed E-state index contributed by atoms with van der Waals surface area (Å²) < 4.78 is 0.988. The van der Waals surface area contributed by atoms with Gasteiger partial charge in [-0.1, -0.05) is 6.92 Å². The van der Waals surface area contributed by atoms with Gasteiger partial charge in [-0.3, -0.25) is 0 Å². The fourth-order valence-corrected chi connectivity index (χ4v) is 1.83. The Bertz CT molecular complexity index is 134. The van der Waals surface area contributed by atoms with Gasteiger partial charge in [0.15, 0.2) is 0 Å². The van der Waals surface area contributed by atoms with Crippen LogP contribution >= 0.6 is 0 Å². The average molecular weight is 285 g/mol. The van der Waals surface area contributed by atoms with Gasteiger partial charge in [0.1, 0.15) is 0 Å². The molecule has 1 aliphatic rings. The average Bonchev–Trinajstić information content (AvgIpc) is 2.11. The minimum absolute atomic E-state index is 0. The van der Waals surface area contributed by atoms with E-state index in [1.807, 2.05) is 0 Å². The van der Waals surface area contributed by atoms with Gasteiger partial charge >= 0.3 is 0 Å². The third-order valence-corrected chi connectivity index (χ3v) is 2.91. The molecule has 3 heteroatoms. The van der Waals surface area contributed by atoms with E-state index in [-0.39, 0.29) is 30.1 Å². The molecular weight excluding hydrogens is 265 g/mol. The molecule has 74 valence electrons. The molecule has 0 aromatic rings. The van der Waals surface area contributed by atoms with Crippen LogP contribution in [-0.4, -0.2) is 42.9 Å². The Balaban J connectivity index is 0.00000121. The van der Waals surface area contributed by atoms with Gasteiger partial charge in [-0.25, -0.2) is 0 Å². The molecule has 12 heavy (non-hydrogen) atoms. The van der Waals surface area contributed by atoms with Crippen LogP contribution in [-0.2, 0) is 0 Å². The lowest BCUT2D eigenvalue weighted by molar-refractivity contribution is -0.895. The van der Waals surface area contributed by atoms with E-state index in [0.29, 0.717) is 12.0 Å². The zero-order chi connectivity index (χ0) is 8.65. The van der Waals surface area contributed by atoms with Crippen LogP contribution < -0.4 is 24.0 Å². The maximum atomic E-state index is 9.52. The predicted molar refractivity (Wildman–Crippen MR) is 46.2 cm³/mol. The third-order valence-electron chi connectivity index (χ3n) is 2.91. The van der Waals surface area contributed by atoms with E-state index in [4.69, 9.17) is 0 Å². The number of quaternary nitrogens is 1. The summed E-state index contributed by atoms with van der Waals surface area (Å²) in [6.45, 7) is 2.14. The first-order valence-corrected chi connectivity index (χ1v) is 4.40. The predicted octanol–water partition coefficient (Wildman–Crippen LogP) is -2.14. The molecule has 0 saturated heterocycles. The highest BCUT2D eigenvalue weighted by Crippen LogP contribution is 2.30. The van der Waals surface area contributed by atoms with Crippen molar-refractivity contribution < 1.29 is 33.6 Å². The molecule has 0 aliphatic heterocycles. The molecule has 1 rings (SSSR count). The van der Waals surface area contributed by atoms with Crippen molar-refractivity contribution in [1.29, 1.82) is 0 Å². The molecule has 0 aromatic heterocycles. The standard InChI is InChI=1S/C9H20NO.HI/c1-7-5-8(6-9(7)11)10(2,3)4;/h7-9,11H,5-6H2,1-4H3;1H/q+1;/p-1/t7-,8+,9-;/m1./s1. The lowest BCUT2D eigenvalue weighted by Gasteiger charge is -2.31. The van der Waals surface area contributed by atoms with Crippen LogP contribution in [0.4, 0.5) is 0 Å². The van der Waals surface area contributed by atoms with Gasteiger partial charge in [0.05, 0.1) is 33.3 Å². The fraction of sp³-hybridized carbons (Fsp3) is 1.00. The van der Waals surface area contributed by atoms with Crippen LogP contribution in [0.25, 0.3) is 0 Å². The highest BCUT2D eigenvalue weighted by molar-refractivity contribution is 4.80. The van der Waals surface area contributed by atoms with Crippen molar-refractivity contribution in [1.82, 2.24) is 0 Å². The summed E-state index contributed by atoms with van der Waals surface area (Å²) in [6.07, 6.45) is 2.09. The van der Waals surface area contributed by atoms with Gasteiger partial charge in [-0.05, 0) is 5.92 Å². The molecule has 1 N–H and O–H groups in total. The van der Waals surface area contributed by atoms with Gasteiger partial charge in [0.2, 0.25) is 0 Å². The Morgan fingerprint density at radius 1 is 1.17 bits per heavy atom. The highest BCUT2D eigenvalue weighted by atomic mass is 127. The largest absolute Gasteiger partial charge is 1.00 e. The summed E-state index contributed by atoms with van der Waals surface area (Å²) in [5.74, 6) is 0.498. The second-order valence-electron chi connectivity index (χ2n) is 4.79. The Kier molecular flexibility index (Phi) is 4.47. The van der Waals surface area contributed by atoms with E-state index in [0.717, 1.165) is 10.9 Å². The van der Waals surface area contributed by atoms with Crippen molar-refractivity contribution in [2.45, 2.75) is 31.9 Å². The first kappa shape index (κ1) is 12.7. The Hall–Kier alpha value is 0.650. The number of hydrogen-bond acceptors (Lipinski definition) is 1. The Morgan fingerprint density at radius 3 is 1.83 bits per heavy atom. The van der Waals surface area contributed by atoms with Gasteiger partial charge in [-0.2, -0.15) is 0 Å². The topological polar surface area (TPSA) is 20.2 Å². The lowest BCUT2D eigenvalue weighted by atomic mass is 10.1. The first-order chi connectivity index (χ1) is 4.91. The molecule has 0 aromatic carbocycles. The maximum absolute atomic E-state index is 9.52. The number of halogens is 1. The number of aliphatic hydroxyl groups is 1. The van der Waals surface area contributed by atoms with E-state index in [9.17, 15) is 5.11 Å². The molecule has 0 bridgehead atoms.